The molecule has 0 aliphatic carbocycles. The molecular weight excluding hydrogens is 469 g/mol. The summed E-state index contributed by atoms with van der Waals surface area (Å²) in [6, 6.07) is 14.8. The quantitative estimate of drug-likeness (QED) is 0.414. The van der Waals surface area contributed by atoms with Gasteiger partial charge in [-0.2, -0.15) is 5.26 Å². The number of rotatable bonds is 5. The zero-order valence-electron chi connectivity index (χ0n) is 19.3. The highest BCUT2D eigenvalue weighted by Gasteiger charge is 2.23. The van der Waals surface area contributed by atoms with Gasteiger partial charge in [0, 0.05) is 26.0 Å². The van der Waals surface area contributed by atoms with Crippen LogP contribution in [0.4, 0.5) is 10.1 Å². The van der Waals surface area contributed by atoms with Crippen LogP contribution in [0, 0.1) is 24.1 Å². The van der Waals surface area contributed by atoms with Gasteiger partial charge in [-0.25, -0.2) is 13.8 Å². The van der Waals surface area contributed by atoms with E-state index in [4.69, 9.17) is 11.6 Å². The van der Waals surface area contributed by atoms with Gasteiger partial charge in [-0.05, 0) is 53.9 Å². The fourth-order valence-electron chi connectivity index (χ4n) is 3.89. The van der Waals surface area contributed by atoms with Crippen LogP contribution >= 0.6 is 11.6 Å². The highest BCUT2D eigenvalue weighted by Crippen LogP contribution is 2.32. The molecule has 4 rings (SSSR count). The second kappa shape index (κ2) is 9.57. The highest BCUT2D eigenvalue weighted by molar-refractivity contribution is 6.31. The van der Waals surface area contributed by atoms with Crippen molar-refractivity contribution in [3.05, 3.63) is 98.2 Å². The predicted molar refractivity (Wildman–Crippen MR) is 135 cm³/mol. The molecule has 0 saturated carbocycles. The van der Waals surface area contributed by atoms with E-state index in [9.17, 15) is 19.2 Å². The highest BCUT2D eigenvalue weighted by atomic mass is 35.5. The number of pyridine rings is 1. The van der Waals surface area contributed by atoms with E-state index in [-0.39, 0.29) is 28.5 Å². The lowest BCUT2D eigenvalue weighted by Gasteiger charge is -2.19. The fraction of sp³-hybridized carbons (Fsp3) is 0.154. The van der Waals surface area contributed by atoms with E-state index in [1.807, 2.05) is 37.2 Å². The van der Waals surface area contributed by atoms with Gasteiger partial charge in [-0.1, -0.05) is 29.8 Å². The molecular formula is C26H21ClFN5O2. The Labute approximate surface area is 205 Å². The first kappa shape index (κ1) is 23.9. The monoisotopic (exact) mass is 489 g/mol. The Balaban J connectivity index is 2.17. The molecule has 0 amide bonds. The lowest BCUT2D eigenvalue weighted by Crippen LogP contribution is -2.40. The first-order chi connectivity index (χ1) is 16.7. The fourth-order valence-corrected chi connectivity index (χ4v) is 4.07. The van der Waals surface area contributed by atoms with Gasteiger partial charge in [0.15, 0.2) is 0 Å². The van der Waals surface area contributed by atoms with Crippen molar-refractivity contribution >= 4 is 17.3 Å². The zero-order chi connectivity index (χ0) is 25.3. The third kappa shape index (κ3) is 4.46. The largest absolute Gasteiger partial charge is 0.378 e. The summed E-state index contributed by atoms with van der Waals surface area (Å²) < 4.78 is 16.2. The molecule has 4 aromatic rings. The number of hydrogen-bond donors (Lipinski definition) is 0. The van der Waals surface area contributed by atoms with Gasteiger partial charge in [0.1, 0.15) is 12.4 Å². The number of aryl methyl sites for hydroxylation is 1. The van der Waals surface area contributed by atoms with Crippen LogP contribution in [0.5, 0.6) is 0 Å². The van der Waals surface area contributed by atoms with Crippen LogP contribution in [0.2, 0.25) is 5.02 Å². The topological polar surface area (TPSA) is 83.9 Å². The maximum atomic E-state index is 14.0. The third-order valence-corrected chi connectivity index (χ3v) is 5.85. The van der Waals surface area contributed by atoms with Crippen molar-refractivity contribution in [2.24, 2.45) is 0 Å². The summed E-state index contributed by atoms with van der Waals surface area (Å²) in [6.07, 6.45) is 3.00. The van der Waals surface area contributed by atoms with Crippen molar-refractivity contribution in [1.82, 2.24) is 14.1 Å². The minimum atomic E-state index is -0.687. The van der Waals surface area contributed by atoms with E-state index in [0.717, 1.165) is 21.9 Å². The minimum Gasteiger partial charge on any atom is -0.378 e. The molecule has 0 saturated heterocycles. The third-order valence-electron chi connectivity index (χ3n) is 5.56. The lowest BCUT2D eigenvalue weighted by atomic mass is 9.99. The molecule has 0 aliphatic heterocycles. The van der Waals surface area contributed by atoms with Crippen molar-refractivity contribution in [3.8, 4) is 34.1 Å². The standard InChI is InChI=1S/C26H21ClFN5O2/c1-16-12-20(15-30-14-16)33-25(34)23(18-6-9-22(28)21(27)13-18)24(32(11-10-29)26(33)35)17-4-7-19(8-5-17)31(2)3/h4-9,12-15H,11H2,1-3H3. The van der Waals surface area contributed by atoms with Gasteiger partial charge in [0.2, 0.25) is 0 Å². The van der Waals surface area contributed by atoms with Gasteiger partial charge < -0.3 is 4.90 Å². The number of aromatic nitrogens is 3. The Morgan fingerprint density at radius 3 is 2.34 bits per heavy atom. The molecule has 0 aliphatic rings. The second-order valence-corrected chi connectivity index (χ2v) is 8.59. The lowest BCUT2D eigenvalue weighted by molar-refractivity contribution is 0.628. The molecule has 0 N–H and O–H groups in total. The van der Waals surface area contributed by atoms with Gasteiger partial charge in [-0.15, -0.1) is 0 Å². The van der Waals surface area contributed by atoms with Crippen molar-refractivity contribution < 1.29 is 4.39 Å². The summed E-state index contributed by atoms with van der Waals surface area (Å²) in [5, 5.41) is 9.39. The Bertz CT molecular complexity index is 1580. The summed E-state index contributed by atoms with van der Waals surface area (Å²) >= 11 is 6.06. The molecule has 7 nitrogen and oxygen atoms in total. The van der Waals surface area contributed by atoms with Gasteiger partial charge in [0.05, 0.1) is 34.2 Å². The molecule has 2 aromatic heterocycles. The Morgan fingerprint density at radius 2 is 1.74 bits per heavy atom. The van der Waals surface area contributed by atoms with Gasteiger partial charge >= 0.3 is 5.69 Å². The number of benzene rings is 2. The van der Waals surface area contributed by atoms with Crippen molar-refractivity contribution in [3.63, 3.8) is 0 Å². The molecule has 0 atom stereocenters. The molecule has 9 heteroatoms. The first-order valence-electron chi connectivity index (χ1n) is 10.6. The van der Waals surface area contributed by atoms with Crippen LogP contribution in [-0.4, -0.2) is 28.2 Å². The summed E-state index contributed by atoms with van der Waals surface area (Å²) in [4.78, 5) is 33.6. The van der Waals surface area contributed by atoms with E-state index in [1.165, 1.54) is 22.9 Å². The molecule has 176 valence electrons. The van der Waals surface area contributed by atoms with Crippen LogP contribution in [0.1, 0.15) is 5.56 Å². The summed E-state index contributed by atoms with van der Waals surface area (Å²) in [7, 11) is 3.78. The van der Waals surface area contributed by atoms with Gasteiger partial charge in [0.25, 0.3) is 5.56 Å². The van der Waals surface area contributed by atoms with Crippen molar-refractivity contribution in [2.45, 2.75) is 13.5 Å². The van der Waals surface area contributed by atoms with Crippen LogP contribution < -0.4 is 16.1 Å². The summed E-state index contributed by atoms with van der Waals surface area (Å²) in [5.74, 6) is -0.638. The smallest absolute Gasteiger partial charge is 0.337 e. The summed E-state index contributed by atoms with van der Waals surface area (Å²) in [5.41, 5.74) is 1.81. The van der Waals surface area contributed by atoms with E-state index < -0.39 is 17.1 Å². The van der Waals surface area contributed by atoms with Crippen LogP contribution in [0.3, 0.4) is 0 Å². The number of halogens is 2. The molecule has 0 fully saturated rings. The maximum absolute atomic E-state index is 14.0. The van der Waals surface area contributed by atoms with Crippen molar-refractivity contribution in [2.75, 3.05) is 19.0 Å². The number of hydrogen-bond acceptors (Lipinski definition) is 5. The SMILES string of the molecule is Cc1cncc(-n2c(=O)c(-c3ccc(F)c(Cl)c3)c(-c3ccc(N(C)C)cc3)n(CC#N)c2=O)c1. The second-order valence-electron chi connectivity index (χ2n) is 8.18. The molecule has 0 spiro atoms. The zero-order valence-corrected chi connectivity index (χ0v) is 20.0. The van der Waals surface area contributed by atoms with Crippen LogP contribution in [-0.2, 0) is 6.54 Å². The predicted octanol–water partition coefficient (Wildman–Crippen LogP) is 4.42. The molecule has 2 aromatic carbocycles. The summed E-state index contributed by atoms with van der Waals surface area (Å²) in [6.45, 7) is 1.47. The Morgan fingerprint density at radius 1 is 1.06 bits per heavy atom. The number of nitriles is 1. The van der Waals surface area contributed by atoms with Crippen LogP contribution in [0.25, 0.3) is 28.1 Å². The average Bonchev–Trinajstić information content (AvgIpc) is 2.83. The first-order valence-corrected chi connectivity index (χ1v) is 11.0. The van der Waals surface area contributed by atoms with E-state index >= 15 is 0 Å². The number of anilines is 1. The number of nitrogens with zero attached hydrogens (tertiary/aromatic N) is 5. The average molecular weight is 490 g/mol. The molecule has 0 unspecified atom stereocenters. The maximum Gasteiger partial charge on any atom is 0.337 e. The minimum absolute atomic E-state index is 0.112. The van der Waals surface area contributed by atoms with Gasteiger partial charge in [-0.3, -0.25) is 14.3 Å². The molecule has 2 heterocycles. The molecule has 35 heavy (non-hydrogen) atoms. The molecule has 0 radical (unpaired) electrons. The Kier molecular flexibility index (Phi) is 6.54. The molecule has 0 bridgehead atoms. The van der Waals surface area contributed by atoms with E-state index in [0.29, 0.717) is 11.1 Å². The van der Waals surface area contributed by atoms with Crippen molar-refractivity contribution in [1.29, 1.82) is 5.26 Å². The van der Waals surface area contributed by atoms with E-state index in [2.05, 4.69) is 4.98 Å². The van der Waals surface area contributed by atoms with E-state index in [1.54, 1.807) is 31.3 Å². The normalized spacial score (nSPS) is 10.7. The Hall–Kier alpha value is -4.22. The van der Waals surface area contributed by atoms with Crippen LogP contribution in [0.15, 0.2) is 70.5 Å².